The maximum atomic E-state index is 13.6. The van der Waals surface area contributed by atoms with Gasteiger partial charge in [-0.2, -0.15) is 0 Å². The van der Waals surface area contributed by atoms with Gasteiger partial charge in [-0.3, -0.25) is 4.79 Å². The summed E-state index contributed by atoms with van der Waals surface area (Å²) in [6.07, 6.45) is 1.80. The number of rotatable bonds is 4. The molecule has 1 saturated heterocycles. The molecule has 4 atom stereocenters. The number of esters is 1. The maximum absolute atomic E-state index is 13.6. The van der Waals surface area contributed by atoms with Crippen LogP contribution in [-0.2, 0) is 19.1 Å². The summed E-state index contributed by atoms with van der Waals surface area (Å²) in [5.41, 5.74) is 4.60. The zero-order valence-electron chi connectivity index (χ0n) is 18.8. The van der Waals surface area contributed by atoms with Gasteiger partial charge in [0.25, 0.3) is 0 Å². The first-order valence-corrected chi connectivity index (χ1v) is 10.5. The summed E-state index contributed by atoms with van der Waals surface area (Å²) in [4.78, 5) is 40.3. The molecule has 2 fully saturated rings. The van der Waals surface area contributed by atoms with Gasteiger partial charge >= 0.3 is 12.1 Å². The Morgan fingerprint density at radius 2 is 1.83 bits per heavy atom. The van der Waals surface area contributed by atoms with Crippen LogP contribution in [0.3, 0.4) is 0 Å². The van der Waals surface area contributed by atoms with E-state index in [2.05, 4.69) is 5.32 Å². The molecule has 8 nitrogen and oxygen atoms in total. The van der Waals surface area contributed by atoms with Crippen LogP contribution >= 0.6 is 0 Å². The molecule has 1 aliphatic carbocycles. The van der Waals surface area contributed by atoms with Crippen molar-refractivity contribution in [1.29, 1.82) is 0 Å². The number of fused-ring (bicyclic) bond motifs is 1. The van der Waals surface area contributed by atoms with Crippen LogP contribution in [0.25, 0.3) is 0 Å². The number of alkyl carbamates (subject to hydrolysis) is 1. The lowest BCUT2D eigenvalue weighted by Crippen LogP contribution is -2.62. The van der Waals surface area contributed by atoms with Gasteiger partial charge in [-0.25, -0.2) is 9.59 Å². The molecule has 0 aromatic rings. The number of hydrogen-bond donors (Lipinski definition) is 2. The highest BCUT2D eigenvalue weighted by molar-refractivity contribution is 5.92. The van der Waals surface area contributed by atoms with Crippen molar-refractivity contribution in [2.45, 2.75) is 91.0 Å². The Balaban J connectivity index is 2.31. The van der Waals surface area contributed by atoms with Crippen LogP contribution in [-0.4, -0.2) is 59.2 Å². The van der Waals surface area contributed by atoms with Crippen molar-refractivity contribution < 1.29 is 23.9 Å². The van der Waals surface area contributed by atoms with Crippen molar-refractivity contribution >= 4 is 18.0 Å². The zero-order valence-corrected chi connectivity index (χ0v) is 18.8. The van der Waals surface area contributed by atoms with Crippen LogP contribution in [0, 0.1) is 11.3 Å². The van der Waals surface area contributed by atoms with Crippen molar-refractivity contribution in [2.24, 2.45) is 17.1 Å². The number of nitrogens with zero attached hydrogens (tertiary/aromatic N) is 1. The van der Waals surface area contributed by atoms with Gasteiger partial charge in [0.2, 0.25) is 5.91 Å². The van der Waals surface area contributed by atoms with Gasteiger partial charge in [-0.15, -0.1) is 0 Å². The van der Waals surface area contributed by atoms with E-state index in [4.69, 9.17) is 15.2 Å². The van der Waals surface area contributed by atoms with E-state index >= 15 is 0 Å². The number of nitrogens with two attached hydrogens (primary N) is 1. The molecule has 3 N–H and O–H groups in total. The zero-order chi connectivity index (χ0) is 22.2. The second kappa shape index (κ2) is 8.13. The second-order valence-electron chi connectivity index (χ2n) is 10.3. The van der Waals surface area contributed by atoms with E-state index in [9.17, 15) is 14.4 Å². The average molecular weight is 412 g/mol. The Labute approximate surface area is 173 Å². The maximum Gasteiger partial charge on any atom is 0.408 e. The predicted octanol–water partition coefficient (Wildman–Crippen LogP) is 2.20. The standard InChI is InChI=1S/C21H37N3O5/c1-8-28-17(26)15-21(22)11-9-10-13(21)12-24(15)16(25)14(19(2,3)4)23-18(27)29-20(5,6)7/h13-15H,8-12,22H2,1-7H3,(H,23,27)/t13-,14+,15+,21+/m0/s1. The SMILES string of the molecule is CCOC(=O)[C@H]1N(C(=O)[C@@H](NC(=O)OC(C)(C)C)C(C)(C)C)C[C@@H]2CCC[C@@]21N. The lowest BCUT2D eigenvalue weighted by atomic mass is 9.84. The van der Waals surface area contributed by atoms with Crippen molar-refractivity contribution in [2.75, 3.05) is 13.2 Å². The molecule has 0 aromatic carbocycles. The third-order valence-electron chi connectivity index (χ3n) is 5.73. The Hall–Kier alpha value is -1.83. The van der Waals surface area contributed by atoms with Gasteiger partial charge in [-0.1, -0.05) is 27.2 Å². The first-order valence-electron chi connectivity index (χ1n) is 10.5. The Morgan fingerprint density at radius 3 is 2.34 bits per heavy atom. The molecule has 0 aromatic heterocycles. The predicted molar refractivity (Wildman–Crippen MR) is 109 cm³/mol. The molecule has 1 aliphatic heterocycles. The molecule has 2 amide bonds. The Bertz CT molecular complexity index is 652. The van der Waals surface area contributed by atoms with Gasteiger partial charge in [0, 0.05) is 6.54 Å². The number of carbonyl (C=O) groups is 3. The van der Waals surface area contributed by atoms with Crippen molar-refractivity contribution in [3.05, 3.63) is 0 Å². The normalized spacial score (nSPS) is 27.9. The molecule has 0 bridgehead atoms. The molecule has 2 aliphatic rings. The van der Waals surface area contributed by atoms with Crippen LogP contribution in [0.4, 0.5) is 4.79 Å². The van der Waals surface area contributed by atoms with E-state index in [0.29, 0.717) is 13.0 Å². The fourth-order valence-electron chi connectivity index (χ4n) is 4.41. The number of ether oxygens (including phenoxy) is 2. The first-order chi connectivity index (χ1) is 13.2. The number of amides is 2. The van der Waals surface area contributed by atoms with Crippen LogP contribution in [0.1, 0.15) is 67.7 Å². The molecule has 1 saturated carbocycles. The Kier molecular flexibility index (Phi) is 6.57. The third-order valence-corrected chi connectivity index (χ3v) is 5.73. The fraction of sp³-hybridized carbons (Fsp3) is 0.857. The van der Waals surface area contributed by atoms with E-state index < -0.39 is 40.7 Å². The van der Waals surface area contributed by atoms with E-state index in [-0.39, 0.29) is 18.4 Å². The lowest BCUT2D eigenvalue weighted by molar-refractivity contribution is -0.156. The summed E-state index contributed by atoms with van der Waals surface area (Å²) in [5, 5.41) is 2.71. The fourth-order valence-corrected chi connectivity index (χ4v) is 4.41. The summed E-state index contributed by atoms with van der Waals surface area (Å²) in [5.74, 6) is -0.763. The van der Waals surface area contributed by atoms with Crippen LogP contribution < -0.4 is 11.1 Å². The molecule has 1 heterocycles. The highest BCUT2D eigenvalue weighted by atomic mass is 16.6. The quantitative estimate of drug-likeness (QED) is 0.686. The van der Waals surface area contributed by atoms with Crippen LogP contribution in [0.15, 0.2) is 0 Å². The van der Waals surface area contributed by atoms with Gasteiger partial charge in [-0.05, 0) is 51.9 Å². The number of carbonyl (C=O) groups excluding carboxylic acids is 3. The van der Waals surface area contributed by atoms with Crippen molar-refractivity contribution in [1.82, 2.24) is 10.2 Å². The molecular weight excluding hydrogens is 374 g/mol. The largest absolute Gasteiger partial charge is 0.464 e. The number of likely N-dealkylation sites (tertiary alicyclic amines) is 1. The minimum Gasteiger partial charge on any atom is -0.464 e. The number of nitrogens with one attached hydrogen (secondary N) is 1. The van der Waals surface area contributed by atoms with Gasteiger partial charge in [0.15, 0.2) is 0 Å². The van der Waals surface area contributed by atoms with E-state index in [1.807, 2.05) is 20.8 Å². The smallest absolute Gasteiger partial charge is 0.408 e. The number of hydrogen-bond acceptors (Lipinski definition) is 6. The summed E-state index contributed by atoms with van der Waals surface area (Å²) >= 11 is 0. The van der Waals surface area contributed by atoms with Crippen molar-refractivity contribution in [3.63, 3.8) is 0 Å². The summed E-state index contributed by atoms with van der Waals surface area (Å²) in [7, 11) is 0. The average Bonchev–Trinajstić information content (AvgIpc) is 3.02. The lowest BCUT2D eigenvalue weighted by Gasteiger charge is -2.37. The molecule has 29 heavy (non-hydrogen) atoms. The summed E-state index contributed by atoms with van der Waals surface area (Å²) in [6.45, 7) is 13.2. The molecular formula is C21H37N3O5. The summed E-state index contributed by atoms with van der Waals surface area (Å²) < 4.78 is 10.6. The molecule has 0 unspecified atom stereocenters. The Morgan fingerprint density at radius 1 is 1.21 bits per heavy atom. The first kappa shape index (κ1) is 23.4. The van der Waals surface area contributed by atoms with E-state index in [0.717, 1.165) is 12.8 Å². The molecule has 8 heteroatoms. The van der Waals surface area contributed by atoms with Gasteiger partial charge in [0.05, 0.1) is 12.1 Å². The highest BCUT2D eigenvalue weighted by Crippen LogP contribution is 2.45. The van der Waals surface area contributed by atoms with Crippen LogP contribution in [0.5, 0.6) is 0 Å². The minimum atomic E-state index is -0.864. The highest BCUT2D eigenvalue weighted by Gasteiger charge is 2.60. The second-order valence-corrected chi connectivity index (χ2v) is 10.3. The van der Waals surface area contributed by atoms with Crippen LogP contribution in [0.2, 0.25) is 0 Å². The van der Waals surface area contributed by atoms with Gasteiger partial charge in [0.1, 0.15) is 17.7 Å². The molecule has 166 valence electrons. The van der Waals surface area contributed by atoms with E-state index in [1.54, 1.807) is 27.7 Å². The third kappa shape index (κ3) is 5.02. The topological polar surface area (TPSA) is 111 Å². The summed E-state index contributed by atoms with van der Waals surface area (Å²) in [6, 6.07) is -1.70. The monoisotopic (exact) mass is 411 g/mol. The van der Waals surface area contributed by atoms with Crippen molar-refractivity contribution in [3.8, 4) is 0 Å². The van der Waals surface area contributed by atoms with Gasteiger partial charge < -0.3 is 25.4 Å². The molecule has 0 radical (unpaired) electrons. The minimum absolute atomic E-state index is 0.0444. The molecule has 0 spiro atoms. The van der Waals surface area contributed by atoms with E-state index in [1.165, 1.54) is 4.90 Å². The molecule has 2 rings (SSSR count).